The number of nitrogens with zero attached hydrogens (tertiary/aromatic N) is 2. The molecule has 0 saturated carbocycles. The third-order valence-corrected chi connectivity index (χ3v) is 2.84. The van der Waals surface area contributed by atoms with Gasteiger partial charge >= 0.3 is 0 Å². The minimum atomic E-state index is -0.0751. The second-order valence-corrected chi connectivity index (χ2v) is 3.93. The lowest BCUT2D eigenvalue weighted by Crippen LogP contribution is -2.15. The van der Waals surface area contributed by atoms with Crippen LogP contribution in [0.3, 0.4) is 0 Å². The Bertz CT molecular complexity index is 741. The quantitative estimate of drug-likeness (QED) is 0.677. The molecule has 0 bridgehead atoms. The van der Waals surface area contributed by atoms with E-state index in [0.717, 1.165) is 11.1 Å². The van der Waals surface area contributed by atoms with Crippen LogP contribution in [0.5, 0.6) is 0 Å². The average Bonchev–Trinajstić information content (AvgIpc) is 2.74. The van der Waals surface area contributed by atoms with Gasteiger partial charge in [0.25, 0.3) is 5.56 Å². The fraction of sp³-hybridized carbons (Fsp3) is 0.167. The van der Waals surface area contributed by atoms with Crippen LogP contribution in [0.1, 0.15) is 5.56 Å². The zero-order valence-electron chi connectivity index (χ0n) is 9.18. The van der Waals surface area contributed by atoms with E-state index < -0.39 is 0 Å². The predicted octanol–water partition coefficient (Wildman–Crippen LogP) is 0.677. The van der Waals surface area contributed by atoms with Crippen LogP contribution in [-0.2, 0) is 6.42 Å². The minimum absolute atomic E-state index is 0.0751. The number of benzene rings is 1. The Kier molecular flexibility index (Phi) is 2.19. The van der Waals surface area contributed by atoms with Crippen molar-refractivity contribution in [3.05, 3.63) is 46.4 Å². The van der Waals surface area contributed by atoms with E-state index in [1.807, 2.05) is 18.2 Å². The number of nitrogens with one attached hydrogen (secondary N) is 1. The summed E-state index contributed by atoms with van der Waals surface area (Å²) < 4.78 is 1.47. The molecule has 0 aliphatic carbocycles. The highest BCUT2D eigenvalue weighted by Crippen LogP contribution is 2.11. The van der Waals surface area contributed by atoms with Gasteiger partial charge in [0.2, 0.25) is 0 Å². The third kappa shape index (κ3) is 1.43. The van der Waals surface area contributed by atoms with Gasteiger partial charge in [-0.2, -0.15) is 0 Å². The normalized spacial score (nSPS) is 11.4. The van der Waals surface area contributed by atoms with Crippen molar-refractivity contribution in [2.75, 3.05) is 6.54 Å². The van der Waals surface area contributed by atoms with E-state index in [0.29, 0.717) is 24.0 Å². The summed E-state index contributed by atoms with van der Waals surface area (Å²) in [5, 5.41) is 3.54. The predicted molar refractivity (Wildman–Crippen MR) is 66.1 cm³/mol. The van der Waals surface area contributed by atoms with Gasteiger partial charge in [0.1, 0.15) is 0 Å². The maximum atomic E-state index is 12.2. The van der Waals surface area contributed by atoms with Crippen LogP contribution >= 0.6 is 0 Å². The van der Waals surface area contributed by atoms with Crippen LogP contribution in [0, 0.1) is 0 Å². The van der Waals surface area contributed by atoms with Crippen LogP contribution < -0.4 is 11.3 Å². The van der Waals surface area contributed by atoms with Gasteiger partial charge in [-0.15, -0.1) is 0 Å². The molecule has 3 N–H and O–H groups in total. The van der Waals surface area contributed by atoms with Gasteiger partial charge in [-0.05, 0) is 25.1 Å². The maximum absolute atomic E-state index is 12.2. The highest BCUT2D eigenvalue weighted by molar-refractivity contribution is 5.79. The lowest BCUT2D eigenvalue weighted by molar-refractivity contribution is 0.915. The summed E-state index contributed by atoms with van der Waals surface area (Å²) in [6.07, 6.45) is 2.49. The number of hydrogen-bond donors (Lipinski definition) is 2. The molecule has 3 aromatic rings. The van der Waals surface area contributed by atoms with Crippen LogP contribution in [-0.4, -0.2) is 21.1 Å². The number of fused-ring (bicyclic) bond motifs is 2. The molecule has 17 heavy (non-hydrogen) atoms. The van der Waals surface area contributed by atoms with E-state index >= 15 is 0 Å². The molecule has 3 rings (SSSR count). The lowest BCUT2D eigenvalue weighted by atomic mass is 10.2. The SMILES string of the molecule is NCCc1c[nH]n2c(=O)c3ccccc3nc12. The highest BCUT2D eigenvalue weighted by Gasteiger charge is 2.09. The Morgan fingerprint density at radius 1 is 1.35 bits per heavy atom. The first-order valence-corrected chi connectivity index (χ1v) is 5.49. The zero-order chi connectivity index (χ0) is 11.8. The van der Waals surface area contributed by atoms with Gasteiger partial charge in [-0.3, -0.25) is 9.89 Å². The fourth-order valence-electron chi connectivity index (χ4n) is 2.01. The van der Waals surface area contributed by atoms with Crippen molar-refractivity contribution in [1.29, 1.82) is 0 Å². The van der Waals surface area contributed by atoms with Crippen molar-refractivity contribution in [1.82, 2.24) is 14.6 Å². The molecule has 0 amide bonds. The molecule has 0 unspecified atom stereocenters. The second kappa shape index (κ2) is 3.71. The second-order valence-electron chi connectivity index (χ2n) is 3.93. The summed E-state index contributed by atoms with van der Waals surface area (Å²) in [6, 6.07) is 7.33. The number of aromatic amines is 1. The summed E-state index contributed by atoms with van der Waals surface area (Å²) in [7, 11) is 0. The zero-order valence-corrected chi connectivity index (χ0v) is 9.18. The summed E-state index contributed by atoms with van der Waals surface area (Å²) in [4.78, 5) is 16.7. The van der Waals surface area contributed by atoms with Gasteiger partial charge in [0.15, 0.2) is 5.65 Å². The Morgan fingerprint density at radius 3 is 3.00 bits per heavy atom. The van der Waals surface area contributed by atoms with Crippen molar-refractivity contribution in [3.8, 4) is 0 Å². The molecular formula is C12H12N4O. The van der Waals surface area contributed by atoms with Gasteiger partial charge < -0.3 is 5.73 Å². The van der Waals surface area contributed by atoms with Crippen molar-refractivity contribution >= 4 is 16.6 Å². The Balaban J connectivity index is 2.44. The van der Waals surface area contributed by atoms with Crippen molar-refractivity contribution in [3.63, 3.8) is 0 Å². The molecule has 0 radical (unpaired) electrons. The molecule has 0 aliphatic heterocycles. The number of hydrogen-bond acceptors (Lipinski definition) is 3. The Morgan fingerprint density at radius 2 is 2.18 bits per heavy atom. The first-order valence-electron chi connectivity index (χ1n) is 5.49. The van der Waals surface area contributed by atoms with Crippen molar-refractivity contribution in [2.24, 2.45) is 5.73 Å². The number of para-hydroxylation sites is 1. The van der Waals surface area contributed by atoms with Crippen molar-refractivity contribution < 1.29 is 0 Å². The van der Waals surface area contributed by atoms with E-state index in [-0.39, 0.29) is 5.56 Å². The fourth-order valence-corrected chi connectivity index (χ4v) is 2.01. The van der Waals surface area contributed by atoms with E-state index in [2.05, 4.69) is 10.1 Å². The molecule has 0 saturated heterocycles. The molecule has 2 aromatic heterocycles. The van der Waals surface area contributed by atoms with Crippen LogP contribution in [0.15, 0.2) is 35.3 Å². The molecule has 5 heteroatoms. The number of rotatable bonds is 2. The smallest absolute Gasteiger partial charge is 0.280 e. The molecule has 2 heterocycles. The van der Waals surface area contributed by atoms with Crippen molar-refractivity contribution in [2.45, 2.75) is 6.42 Å². The first-order chi connectivity index (χ1) is 8.31. The van der Waals surface area contributed by atoms with E-state index in [9.17, 15) is 4.79 Å². The van der Waals surface area contributed by atoms with Crippen LogP contribution in [0.25, 0.3) is 16.6 Å². The molecular weight excluding hydrogens is 216 g/mol. The van der Waals surface area contributed by atoms with E-state index in [4.69, 9.17) is 5.73 Å². The van der Waals surface area contributed by atoms with E-state index in [1.54, 1.807) is 12.3 Å². The molecule has 5 nitrogen and oxygen atoms in total. The molecule has 0 atom stereocenters. The summed E-state index contributed by atoms with van der Waals surface area (Å²) in [5.74, 6) is 0. The topological polar surface area (TPSA) is 76.2 Å². The molecule has 86 valence electrons. The standard InChI is InChI=1S/C12H12N4O/c13-6-5-8-7-14-16-11(8)15-10-4-2-1-3-9(10)12(16)17/h1-4,7,14H,5-6,13H2. The molecule has 0 aliphatic rings. The summed E-state index contributed by atoms with van der Waals surface area (Å²) in [5.41, 5.74) is 7.81. The summed E-state index contributed by atoms with van der Waals surface area (Å²) in [6.45, 7) is 0.538. The van der Waals surface area contributed by atoms with Gasteiger partial charge in [0, 0.05) is 11.8 Å². The third-order valence-electron chi connectivity index (χ3n) is 2.84. The number of nitrogens with two attached hydrogens (primary N) is 1. The number of aromatic nitrogens is 3. The van der Waals surface area contributed by atoms with E-state index in [1.165, 1.54) is 4.52 Å². The van der Waals surface area contributed by atoms with Gasteiger partial charge in [0.05, 0.1) is 10.9 Å². The molecule has 1 aromatic carbocycles. The molecule has 0 spiro atoms. The number of H-pyrrole nitrogens is 1. The lowest BCUT2D eigenvalue weighted by Gasteiger charge is -1.99. The molecule has 0 fully saturated rings. The highest BCUT2D eigenvalue weighted by atomic mass is 16.1. The van der Waals surface area contributed by atoms with Crippen LogP contribution in [0.4, 0.5) is 0 Å². The van der Waals surface area contributed by atoms with Gasteiger partial charge in [-0.1, -0.05) is 12.1 Å². The first kappa shape index (κ1) is 10.0. The Labute approximate surface area is 96.9 Å². The minimum Gasteiger partial charge on any atom is -0.330 e. The average molecular weight is 228 g/mol. The Hall–Kier alpha value is -2.14. The van der Waals surface area contributed by atoms with Gasteiger partial charge in [-0.25, -0.2) is 9.50 Å². The largest absolute Gasteiger partial charge is 0.330 e. The monoisotopic (exact) mass is 228 g/mol. The van der Waals surface area contributed by atoms with Crippen LogP contribution in [0.2, 0.25) is 0 Å². The summed E-state index contributed by atoms with van der Waals surface area (Å²) >= 11 is 0. The maximum Gasteiger partial charge on any atom is 0.280 e.